The van der Waals surface area contributed by atoms with E-state index in [1.807, 2.05) is 0 Å². The summed E-state index contributed by atoms with van der Waals surface area (Å²) in [5.74, 6) is 0. The van der Waals surface area contributed by atoms with E-state index in [1.54, 1.807) is 20.8 Å². The van der Waals surface area contributed by atoms with Gasteiger partial charge in [0.25, 0.3) is 5.69 Å². The van der Waals surface area contributed by atoms with Crippen molar-refractivity contribution in [3.05, 3.63) is 39.4 Å². The molecular weight excluding hydrogens is 321 g/mol. The first-order valence-corrected chi connectivity index (χ1v) is 7.52. The zero-order chi connectivity index (χ0) is 17.3. The maximum atomic E-state index is 12.8. The Balaban J connectivity index is 3.18. The molecule has 1 N–H and O–H groups in total. The summed E-state index contributed by atoms with van der Waals surface area (Å²) in [4.78, 5) is 9.91. The van der Waals surface area contributed by atoms with E-state index in [0.29, 0.717) is 6.07 Å². The fourth-order valence-electron chi connectivity index (χ4n) is 1.56. The molecule has 2 atom stereocenters. The lowest BCUT2D eigenvalue weighted by molar-refractivity contribution is -0.385. The quantitative estimate of drug-likeness (QED) is 0.515. The Bertz CT molecular complexity index is 558. The molecule has 0 fully saturated rings. The summed E-state index contributed by atoms with van der Waals surface area (Å²) in [5.41, 5.74) is -1.70. The molecule has 1 aromatic rings. The Morgan fingerprint density at radius 3 is 2.18 bits per heavy atom. The molecule has 0 aliphatic rings. The van der Waals surface area contributed by atoms with Crippen LogP contribution in [0.4, 0.5) is 18.9 Å². The van der Waals surface area contributed by atoms with E-state index >= 15 is 0 Å². The van der Waals surface area contributed by atoms with Gasteiger partial charge in [0.1, 0.15) is 4.75 Å². The lowest BCUT2D eigenvalue weighted by atomic mass is 10.0. The van der Waals surface area contributed by atoms with Gasteiger partial charge in [0.05, 0.1) is 16.5 Å². The highest BCUT2D eigenvalue weighted by molar-refractivity contribution is 7.90. The van der Waals surface area contributed by atoms with Crippen molar-refractivity contribution in [1.29, 1.82) is 0 Å². The van der Waals surface area contributed by atoms with Gasteiger partial charge in [-0.25, -0.2) is 0 Å². The summed E-state index contributed by atoms with van der Waals surface area (Å²) in [6, 6.07) is 1.62. The second kappa shape index (κ2) is 6.43. The van der Waals surface area contributed by atoms with Crippen LogP contribution in [0.5, 0.6) is 0 Å². The molecule has 9 heteroatoms. The summed E-state index contributed by atoms with van der Waals surface area (Å²) >= 11 is -1.51. The first-order valence-electron chi connectivity index (χ1n) is 6.37. The van der Waals surface area contributed by atoms with E-state index in [-0.39, 0.29) is 5.56 Å². The molecule has 1 rings (SSSR count). The fraction of sp³-hybridized carbons (Fsp3) is 0.538. The lowest BCUT2D eigenvalue weighted by Crippen LogP contribution is -2.40. The standard InChI is InChI=1S/C13H17F3N2O3S/c1-8(17-22(21)12(2,3)4)9-5-10(13(14,15)16)7-11(6-9)18(19)20/h5-8,17H,1-4H3/t8?,22-/m1/s1. The van der Waals surface area contributed by atoms with Crippen LogP contribution in [0, 0.1) is 10.1 Å². The van der Waals surface area contributed by atoms with E-state index < -0.39 is 44.5 Å². The van der Waals surface area contributed by atoms with Crippen LogP contribution in [-0.4, -0.2) is 14.2 Å². The Kier molecular flexibility index (Phi) is 5.47. The summed E-state index contributed by atoms with van der Waals surface area (Å²) in [6.45, 7) is 6.62. The Hall–Kier alpha value is -1.32. The molecule has 0 amide bonds. The molecule has 0 bridgehead atoms. The maximum absolute atomic E-state index is 12.8. The van der Waals surface area contributed by atoms with Crippen molar-refractivity contribution in [2.45, 2.75) is 44.7 Å². The highest BCUT2D eigenvalue weighted by Gasteiger charge is 2.34. The van der Waals surface area contributed by atoms with Crippen LogP contribution in [-0.2, 0) is 17.5 Å². The van der Waals surface area contributed by atoms with Crippen LogP contribution < -0.4 is 4.72 Å². The van der Waals surface area contributed by atoms with Gasteiger partial charge in [-0.15, -0.1) is 4.72 Å². The average molecular weight is 338 g/mol. The predicted octanol–water partition coefficient (Wildman–Crippen LogP) is 3.73. The first-order chi connectivity index (χ1) is 9.82. The normalized spacial score (nSPS) is 15.5. The van der Waals surface area contributed by atoms with Crippen molar-refractivity contribution in [2.24, 2.45) is 0 Å². The molecular formula is C13H17F3N2O3S. The first kappa shape index (κ1) is 18.7. The fourth-order valence-corrected chi connectivity index (χ4v) is 2.37. The minimum atomic E-state index is -4.69. The average Bonchev–Trinajstić information content (AvgIpc) is 2.35. The number of non-ortho nitro benzene ring substituents is 1. The predicted molar refractivity (Wildman–Crippen MR) is 77.5 cm³/mol. The highest BCUT2D eigenvalue weighted by Crippen LogP contribution is 2.34. The number of nitrogens with zero attached hydrogens (tertiary/aromatic N) is 1. The van der Waals surface area contributed by atoms with Crippen LogP contribution in [0.15, 0.2) is 18.2 Å². The van der Waals surface area contributed by atoms with E-state index in [4.69, 9.17) is 0 Å². The Morgan fingerprint density at radius 2 is 1.77 bits per heavy atom. The van der Waals surface area contributed by atoms with Crippen molar-refractivity contribution < 1.29 is 22.6 Å². The summed E-state index contributed by atoms with van der Waals surface area (Å²) < 4.78 is 52.5. The molecule has 0 heterocycles. The number of halogens is 3. The van der Waals surface area contributed by atoms with E-state index in [9.17, 15) is 27.8 Å². The molecule has 0 saturated carbocycles. The van der Waals surface area contributed by atoms with E-state index in [1.165, 1.54) is 6.92 Å². The largest absolute Gasteiger partial charge is 0.598 e. The van der Waals surface area contributed by atoms with Crippen LogP contribution in [0.2, 0.25) is 0 Å². The third kappa shape index (κ3) is 4.85. The number of hydrogen-bond acceptors (Lipinski definition) is 4. The number of nitro groups is 1. The highest BCUT2D eigenvalue weighted by atomic mass is 32.2. The van der Waals surface area contributed by atoms with Crippen molar-refractivity contribution >= 4 is 17.0 Å². The van der Waals surface area contributed by atoms with Crippen LogP contribution in [0.3, 0.4) is 0 Å². The van der Waals surface area contributed by atoms with Crippen LogP contribution >= 0.6 is 0 Å². The number of benzene rings is 1. The van der Waals surface area contributed by atoms with Crippen LogP contribution in [0.25, 0.3) is 0 Å². The zero-order valence-electron chi connectivity index (χ0n) is 12.5. The molecule has 0 radical (unpaired) electrons. The number of nitrogens with one attached hydrogen (secondary N) is 1. The van der Waals surface area contributed by atoms with Crippen molar-refractivity contribution in [2.75, 3.05) is 0 Å². The third-order valence-electron chi connectivity index (χ3n) is 2.82. The van der Waals surface area contributed by atoms with Gasteiger partial charge in [-0.1, -0.05) is 0 Å². The topological polar surface area (TPSA) is 78.2 Å². The smallest absolute Gasteiger partial charge is 0.416 e. The van der Waals surface area contributed by atoms with E-state index in [2.05, 4.69) is 4.72 Å². The van der Waals surface area contributed by atoms with Gasteiger partial charge in [-0.05, 0) is 39.3 Å². The van der Waals surface area contributed by atoms with Gasteiger partial charge in [-0.3, -0.25) is 10.1 Å². The molecule has 1 unspecified atom stereocenters. The molecule has 0 aliphatic heterocycles. The van der Waals surface area contributed by atoms with Crippen molar-refractivity contribution in [3.63, 3.8) is 0 Å². The Morgan fingerprint density at radius 1 is 1.23 bits per heavy atom. The van der Waals surface area contributed by atoms with E-state index in [0.717, 1.165) is 12.1 Å². The SMILES string of the molecule is CC(N[S@+]([O-])C(C)(C)C)c1cc([N+](=O)[O-])cc(C(F)(F)F)c1. The molecule has 0 spiro atoms. The van der Waals surface area contributed by atoms with Gasteiger partial charge >= 0.3 is 6.18 Å². The number of alkyl halides is 3. The number of rotatable bonds is 4. The third-order valence-corrected chi connectivity index (χ3v) is 4.50. The van der Waals surface area contributed by atoms with Gasteiger partial charge in [-0.2, -0.15) is 13.2 Å². The molecule has 1 aromatic carbocycles. The van der Waals surface area contributed by atoms with Crippen molar-refractivity contribution in [1.82, 2.24) is 4.72 Å². The number of hydrogen-bond donors (Lipinski definition) is 1. The molecule has 0 aliphatic carbocycles. The molecule has 0 saturated heterocycles. The molecule has 0 aromatic heterocycles. The minimum absolute atomic E-state index is 0.0547. The zero-order valence-corrected chi connectivity index (χ0v) is 13.3. The molecule has 22 heavy (non-hydrogen) atoms. The van der Waals surface area contributed by atoms with Crippen molar-refractivity contribution in [3.8, 4) is 0 Å². The minimum Gasteiger partial charge on any atom is -0.598 e. The lowest BCUT2D eigenvalue weighted by Gasteiger charge is -2.26. The second-order valence-corrected chi connectivity index (χ2v) is 7.79. The number of nitro benzene ring substituents is 1. The summed E-state index contributed by atoms with van der Waals surface area (Å²) in [5, 5.41) is 10.8. The summed E-state index contributed by atoms with van der Waals surface area (Å²) in [6.07, 6.45) is -4.69. The van der Waals surface area contributed by atoms with Gasteiger partial charge in [0, 0.05) is 23.5 Å². The molecule has 5 nitrogen and oxygen atoms in total. The van der Waals surface area contributed by atoms with Crippen LogP contribution in [0.1, 0.15) is 44.9 Å². The Labute approximate surface area is 129 Å². The summed E-state index contributed by atoms with van der Waals surface area (Å²) in [7, 11) is 0. The van der Waals surface area contributed by atoms with Gasteiger partial charge in [0.15, 0.2) is 0 Å². The second-order valence-electron chi connectivity index (χ2n) is 5.79. The molecule has 124 valence electrons. The monoisotopic (exact) mass is 338 g/mol. The maximum Gasteiger partial charge on any atom is 0.416 e. The van der Waals surface area contributed by atoms with Gasteiger partial charge in [0.2, 0.25) is 0 Å². The van der Waals surface area contributed by atoms with Gasteiger partial charge < -0.3 is 4.55 Å².